The zero-order chi connectivity index (χ0) is 10.3. The Labute approximate surface area is 84.8 Å². The van der Waals surface area contributed by atoms with Gasteiger partial charge in [-0.05, 0) is 6.07 Å². The Morgan fingerprint density at radius 2 is 2.14 bits per heavy atom. The summed E-state index contributed by atoms with van der Waals surface area (Å²) < 4.78 is 23.9. The topological polar surface area (TPSA) is 64.8 Å². The predicted octanol–water partition coefficient (Wildman–Crippen LogP) is 0.896. The zero-order valence-corrected chi connectivity index (χ0v) is 8.75. The number of nitrogens with zero attached hydrogens (tertiary/aromatic N) is 3. The largest absolute Gasteiger partial charge is 0.334 e. The van der Waals surface area contributed by atoms with Gasteiger partial charge in [-0.3, -0.25) is 0 Å². The Hall–Kier alpha value is -1.14. The van der Waals surface area contributed by atoms with Crippen LogP contribution in [0, 0.1) is 0 Å². The van der Waals surface area contributed by atoms with E-state index < -0.39 is 9.05 Å². The molecule has 0 saturated heterocycles. The minimum absolute atomic E-state index is 0.197. The number of pyridine rings is 1. The van der Waals surface area contributed by atoms with Gasteiger partial charge in [0.05, 0.1) is 11.8 Å². The molecular formula is C7H6ClN3O2S. The van der Waals surface area contributed by atoms with E-state index in [-0.39, 0.29) is 5.03 Å². The lowest BCUT2D eigenvalue weighted by molar-refractivity contribution is 0.607. The first-order valence-electron chi connectivity index (χ1n) is 3.71. The molecule has 0 saturated carbocycles. The molecule has 2 aromatic heterocycles. The maximum Gasteiger partial charge on any atom is 0.280 e. The van der Waals surface area contributed by atoms with E-state index in [9.17, 15) is 8.42 Å². The monoisotopic (exact) mass is 231 g/mol. The van der Waals surface area contributed by atoms with Crippen molar-refractivity contribution in [2.24, 2.45) is 7.05 Å². The summed E-state index contributed by atoms with van der Waals surface area (Å²) in [7, 11) is 3.14. The van der Waals surface area contributed by atoms with E-state index in [0.29, 0.717) is 11.0 Å². The van der Waals surface area contributed by atoms with E-state index in [2.05, 4.69) is 9.97 Å². The molecule has 0 aliphatic rings. The van der Waals surface area contributed by atoms with E-state index in [1.54, 1.807) is 17.7 Å². The van der Waals surface area contributed by atoms with E-state index in [4.69, 9.17) is 10.7 Å². The molecule has 2 rings (SSSR count). The fraction of sp³-hybridized carbons (Fsp3) is 0.143. The quantitative estimate of drug-likeness (QED) is 0.684. The van der Waals surface area contributed by atoms with Crippen LogP contribution in [0.1, 0.15) is 0 Å². The summed E-state index contributed by atoms with van der Waals surface area (Å²) in [4.78, 5) is 7.62. The lowest BCUT2D eigenvalue weighted by Crippen LogP contribution is -1.96. The third-order valence-corrected chi connectivity index (χ3v) is 3.04. The van der Waals surface area contributed by atoms with Crippen molar-refractivity contribution < 1.29 is 8.42 Å². The third-order valence-electron chi connectivity index (χ3n) is 1.84. The summed E-state index contributed by atoms with van der Waals surface area (Å²) in [5.41, 5.74) is 0.976. The number of hydrogen-bond acceptors (Lipinski definition) is 4. The molecule has 0 unspecified atom stereocenters. The van der Waals surface area contributed by atoms with Gasteiger partial charge >= 0.3 is 0 Å². The molecular weight excluding hydrogens is 226 g/mol. The van der Waals surface area contributed by atoms with Gasteiger partial charge in [-0.1, -0.05) is 0 Å². The van der Waals surface area contributed by atoms with Crippen LogP contribution in [0.25, 0.3) is 11.0 Å². The van der Waals surface area contributed by atoms with Crippen molar-refractivity contribution in [1.29, 1.82) is 0 Å². The van der Waals surface area contributed by atoms with Crippen LogP contribution in [0.5, 0.6) is 0 Å². The number of aryl methyl sites for hydroxylation is 1. The van der Waals surface area contributed by atoms with E-state index in [0.717, 1.165) is 0 Å². The molecule has 5 nitrogen and oxygen atoms in total. The van der Waals surface area contributed by atoms with Crippen LogP contribution in [-0.4, -0.2) is 23.0 Å². The summed E-state index contributed by atoms with van der Waals surface area (Å²) >= 11 is 0. The standard InChI is InChI=1S/C7H6ClN3O2S/c1-11-4-10-6-5(11)2-3-9-7(6)14(8,12)13/h2-4H,1H3. The molecule has 2 aromatic rings. The first-order valence-corrected chi connectivity index (χ1v) is 6.02. The van der Waals surface area contributed by atoms with Gasteiger partial charge in [-0.2, -0.15) is 0 Å². The molecule has 0 amide bonds. The van der Waals surface area contributed by atoms with Crippen LogP contribution in [0.2, 0.25) is 0 Å². The molecule has 0 N–H and O–H groups in total. The van der Waals surface area contributed by atoms with Crippen molar-refractivity contribution in [3.05, 3.63) is 18.6 Å². The smallest absolute Gasteiger partial charge is 0.280 e. The van der Waals surface area contributed by atoms with Crippen molar-refractivity contribution in [3.8, 4) is 0 Å². The summed E-state index contributed by atoms with van der Waals surface area (Å²) in [6.45, 7) is 0. The molecule has 0 spiro atoms. The number of hydrogen-bond donors (Lipinski definition) is 0. The lowest BCUT2D eigenvalue weighted by Gasteiger charge is -1.96. The van der Waals surface area contributed by atoms with Crippen molar-refractivity contribution in [3.63, 3.8) is 0 Å². The first-order chi connectivity index (χ1) is 6.50. The van der Waals surface area contributed by atoms with E-state index in [1.807, 2.05) is 0 Å². The van der Waals surface area contributed by atoms with Crippen LogP contribution in [0.15, 0.2) is 23.6 Å². The highest BCUT2D eigenvalue weighted by molar-refractivity contribution is 8.13. The average molecular weight is 232 g/mol. The second kappa shape index (κ2) is 2.93. The van der Waals surface area contributed by atoms with Crippen LogP contribution in [0.4, 0.5) is 0 Å². The second-order valence-electron chi connectivity index (χ2n) is 2.78. The molecule has 0 fully saturated rings. The highest BCUT2D eigenvalue weighted by Gasteiger charge is 2.18. The normalized spacial score (nSPS) is 12.1. The summed E-state index contributed by atoms with van der Waals surface area (Å²) in [5.74, 6) is 0. The number of fused-ring (bicyclic) bond motifs is 1. The minimum atomic E-state index is -3.83. The number of halogens is 1. The highest BCUT2D eigenvalue weighted by atomic mass is 35.7. The molecule has 0 radical (unpaired) electrons. The van der Waals surface area contributed by atoms with Gasteiger partial charge in [0.15, 0.2) is 5.03 Å². The Bertz CT molecular complexity index is 590. The van der Waals surface area contributed by atoms with Gasteiger partial charge in [-0.25, -0.2) is 18.4 Å². The van der Waals surface area contributed by atoms with Gasteiger partial charge in [-0.15, -0.1) is 0 Å². The molecule has 74 valence electrons. The molecule has 7 heteroatoms. The Morgan fingerprint density at radius 3 is 2.79 bits per heavy atom. The van der Waals surface area contributed by atoms with Gasteiger partial charge < -0.3 is 4.57 Å². The van der Waals surface area contributed by atoms with Crippen LogP contribution in [0.3, 0.4) is 0 Å². The lowest BCUT2D eigenvalue weighted by atomic mass is 10.4. The van der Waals surface area contributed by atoms with Crippen LogP contribution in [-0.2, 0) is 16.1 Å². The predicted molar refractivity (Wildman–Crippen MR) is 51.5 cm³/mol. The summed E-state index contributed by atoms with van der Waals surface area (Å²) in [5, 5.41) is -0.197. The third kappa shape index (κ3) is 1.36. The van der Waals surface area contributed by atoms with Crippen LogP contribution < -0.4 is 0 Å². The maximum atomic E-state index is 11.1. The van der Waals surface area contributed by atoms with Gasteiger partial charge in [0.2, 0.25) is 0 Å². The molecule has 0 atom stereocenters. The molecule has 0 aliphatic heterocycles. The SMILES string of the molecule is Cn1cnc2c(S(=O)(=O)Cl)nccc21. The Kier molecular flexibility index (Phi) is 1.97. The van der Waals surface area contributed by atoms with Crippen molar-refractivity contribution >= 4 is 30.8 Å². The second-order valence-corrected chi connectivity index (χ2v) is 5.26. The summed E-state index contributed by atoms with van der Waals surface area (Å²) in [6, 6.07) is 1.67. The highest BCUT2D eigenvalue weighted by Crippen LogP contribution is 2.21. The minimum Gasteiger partial charge on any atom is -0.334 e. The molecule has 0 bridgehead atoms. The molecule has 0 aromatic carbocycles. The van der Waals surface area contributed by atoms with Crippen molar-refractivity contribution in [2.45, 2.75) is 5.03 Å². The Morgan fingerprint density at radius 1 is 1.43 bits per heavy atom. The van der Waals surface area contributed by atoms with E-state index in [1.165, 1.54) is 12.5 Å². The molecule has 0 aliphatic carbocycles. The molecule has 14 heavy (non-hydrogen) atoms. The fourth-order valence-electron chi connectivity index (χ4n) is 1.22. The van der Waals surface area contributed by atoms with Gasteiger partial charge in [0.1, 0.15) is 5.52 Å². The number of imidazole rings is 1. The molecule has 2 heterocycles. The maximum absolute atomic E-state index is 11.1. The van der Waals surface area contributed by atoms with E-state index >= 15 is 0 Å². The average Bonchev–Trinajstić information content (AvgIpc) is 2.46. The van der Waals surface area contributed by atoms with Gasteiger partial charge in [0.25, 0.3) is 9.05 Å². The van der Waals surface area contributed by atoms with Crippen molar-refractivity contribution in [1.82, 2.24) is 14.5 Å². The summed E-state index contributed by atoms with van der Waals surface area (Å²) in [6.07, 6.45) is 2.90. The van der Waals surface area contributed by atoms with Crippen LogP contribution >= 0.6 is 10.7 Å². The van der Waals surface area contributed by atoms with Crippen molar-refractivity contribution in [2.75, 3.05) is 0 Å². The zero-order valence-electron chi connectivity index (χ0n) is 7.18. The number of aromatic nitrogens is 3. The fourth-order valence-corrected chi connectivity index (χ4v) is 2.13. The van der Waals surface area contributed by atoms with Gasteiger partial charge in [0, 0.05) is 23.9 Å². The first kappa shape index (κ1) is 9.42. The Balaban J connectivity index is 2.92. The number of rotatable bonds is 1.